The summed E-state index contributed by atoms with van der Waals surface area (Å²) in [4.78, 5) is 38.3. The van der Waals surface area contributed by atoms with Gasteiger partial charge in [-0.3, -0.25) is 14.4 Å². The van der Waals surface area contributed by atoms with Gasteiger partial charge in [0.05, 0.1) is 0 Å². The Hall–Kier alpha value is -1.59. The van der Waals surface area contributed by atoms with Crippen molar-refractivity contribution in [3.05, 3.63) is 0 Å². The molecule has 0 saturated heterocycles. The van der Waals surface area contributed by atoms with E-state index in [-0.39, 0.29) is 31.1 Å². The highest BCUT2D eigenvalue weighted by atomic mass is 16.6. The molecule has 0 bridgehead atoms. The van der Waals surface area contributed by atoms with Gasteiger partial charge in [0, 0.05) is 19.3 Å². The summed E-state index contributed by atoms with van der Waals surface area (Å²) in [6.45, 7) is 13.9. The van der Waals surface area contributed by atoms with Gasteiger partial charge in [0.2, 0.25) is 0 Å². The van der Waals surface area contributed by atoms with E-state index in [1.54, 1.807) is 0 Å². The fourth-order valence-electron chi connectivity index (χ4n) is 10.00. The van der Waals surface area contributed by atoms with Gasteiger partial charge in [-0.2, -0.15) is 0 Å². The van der Waals surface area contributed by atoms with E-state index < -0.39 is 6.10 Å². The topological polar surface area (TPSA) is 78.9 Å². The van der Waals surface area contributed by atoms with Crippen molar-refractivity contribution in [3.8, 4) is 0 Å². The summed E-state index contributed by atoms with van der Waals surface area (Å²) < 4.78 is 17.0. The quantitative estimate of drug-likeness (QED) is 0.0343. The smallest absolute Gasteiger partial charge is 0.306 e. The van der Waals surface area contributed by atoms with Crippen LogP contribution < -0.4 is 0 Å². The minimum atomic E-state index is -0.765. The van der Waals surface area contributed by atoms with Gasteiger partial charge in [-0.25, -0.2) is 0 Å². The van der Waals surface area contributed by atoms with Crippen LogP contribution in [0.3, 0.4) is 0 Å². The highest BCUT2D eigenvalue weighted by Crippen LogP contribution is 2.20. The summed E-state index contributed by atoms with van der Waals surface area (Å²) in [6.07, 6.45) is 60.9. The molecule has 2 unspecified atom stereocenters. The average Bonchev–Trinajstić information content (AvgIpc) is 3.36. The van der Waals surface area contributed by atoms with Crippen molar-refractivity contribution < 1.29 is 28.6 Å². The van der Waals surface area contributed by atoms with Gasteiger partial charge >= 0.3 is 17.9 Å². The Labute approximate surface area is 444 Å². The van der Waals surface area contributed by atoms with E-state index in [4.69, 9.17) is 14.2 Å². The first-order chi connectivity index (χ1) is 34.7. The second-order valence-electron chi connectivity index (χ2n) is 23.4. The van der Waals surface area contributed by atoms with Crippen molar-refractivity contribution in [3.63, 3.8) is 0 Å². The molecular weight excluding hydrogens is 877 g/mol. The number of esters is 3. The third-order valence-corrected chi connectivity index (χ3v) is 15.6. The van der Waals surface area contributed by atoms with Crippen molar-refractivity contribution in [2.24, 2.45) is 17.8 Å². The van der Waals surface area contributed by atoms with Crippen LogP contribution in [0, 0.1) is 17.8 Å². The van der Waals surface area contributed by atoms with E-state index in [2.05, 4.69) is 41.5 Å². The Morgan fingerprint density at radius 3 is 0.732 bits per heavy atom. The fourth-order valence-corrected chi connectivity index (χ4v) is 10.00. The molecule has 0 amide bonds. The van der Waals surface area contributed by atoms with Crippen LogP contribution in [0.15, 0.2) is 0 Å². The first kappa shape index (κ1) is 69.4. The van der Waals surface area contributed by atoms with Gasteiger partial charge in [-0.15, -0.1) is 0 Å². The highest BCUT2D eigenvalue weighted by Gasteiger charge is 2.19. The van der Waals surface area contributed by atoms with Crippen LogP contribution in [0.1, 0.15) is 363 Å². The molecule has 0 saturated carbocycles. The molecule has 0 aliphatic rings. The Bertz CT molecular complexity index is 1110. The predicted molar refractivity (Wildman–Crippen MR) is 307 cm³/mol. The SMILES string of the molecule is CCC(C)CCCCCCCCCCCCCCCCCCCCC(=O)OC[C@H](COC(=O)CCCCCCCCCCCCC(C)CC)OC(=O)CCCCCCCCCCCCCCCCC(C)C. The molecule has 0 rings (SSSR count). The first-order valence-corrected chi connectivity index (χ1v) is 32.2. The van der Waals surface area contributed by atoms with Crippen LogP contribution in [0.25, 0.3) is 0 Å². The van der Waals surface area contributed by atoms with Gasteiger partial charge in [0.15, 0.2) is 6.10 Å². The Balaban J connectivity index is 4.26. The number of hydrogen-bond acceptors (Lipinski definition) is 6. The average molecular weight is 1000 g/mol. The van der Waals surface area contributed by atoms with Crippen LogP contribution in [0.4, 0.5) is 0 Å². The summed E-state index contributed by atoms with van der Waals surface area (Å²) in [5.74, 6) is 1.79. The minimum absolute atomic E-state index is 0.0627. The number of carbonyl (C=O) groups excluding carboxylic acids is 3. The monoisotopic (exact) mass is 1000 g/mol. The van der Waals surface area contributed by atoms with Gasteiger partial charge in [0.25, 0.3) is 0 Å². The van der Waals surface area contributed by atoms with Gasteiger partial charge in [-0.05, 0) is 37.0 Å². The molecule has 0 N–H and O–H groups in total. The highest BCUT2D eigenvalue weighted by molar-refractivity contribution is 5.71. The lowest BCUT2D eigenvalue weighted by molar-refractivity contribution is -0.167. The number of rotatable bonds is 58. The third-order valence-electron chi connectivity index (χ3n) is 15.6. The number of hydrogen-bond donors (Lipinski definition) is 0. The molecule has 0 aromatic carbocycles. The molecular formula is C65H126O6. The summed E-state index contributed by atoms with van der Waals surface area (Å²) in [7, 11) is 0. The third kappa shape index (κ3) is 56.0. The minimum Gasteiger partial charge on any atom is -0.462 e. The molecule has 0 aromatic rings. The van der Waals surface area contributed by atoms with E-state index >= 15 is 0 Å². The largest absolute Gasteiger partial charge is 0.462 e. The summed E-state index contributed by atoms with van der Waals surface area (Å²) in [5.41, 5.74) is 0. The molecule has 0 fully saturated rings. The molecule has 71 heavy (non-hydrogen) atoms. The van der Waals surface area contributed by atoms with Crippen LogP contribution >= 0.6 is 0 Å². The zero-order valence-corrected chi connectivity index (χ0v) is 49.0. The van der Waals surface area contributed by atoms with E-state index in [1.165, 1.54) is 244 Å². The zero-order valence-electron chi connectivity index (χ0n) is 49.0. The van der Waals surface area contributed by atoms with Gasteiger partial charge in [-0.1, -0.05) is 324 Å². The molecule has 0 heterocycles. The maximum Gasteiger partial charge on any atom is 0.306 e. The molecule has 3 atom stereocenters. The van der Waals surface area contributed by atoms with Gasteiger partial charge in [0.1, 0.15) is 13.2 Å². The lowest BCUT2D eigenvalue weighted by atomic mass is 9.99. The zero-order chi connectivity index (χ0) is 51.9. The van der Waals surface area contributed by atoms with Crippen molar-refractivity contribution >= 4 is 17.9 Å². The standard InChI is InChI=1S/C65H126O6/c1-7-60(5)52-46-40-34-28-22-18-13-11-9-10-12-14-19-23-30-36-42-48-54-63(66)69-57-62(58-70-64(67)55-49-43-37-31-26-25-29-35-41-47-53-61(6)8-2)71-65(68)56-50-44-38-32-24-20-16-15-17-21-27-33-39-45-51-59(3)4/h59-62H,7-58H2,1-6H3/t60?,61?,62-/m1/s1. The van der Waals surface area contributed by atoms with Crippen molar-refractivity contribution in [2.45, 2.75) is 369 Å². The van der Waals surface area contributed by atoms with E-state index in [0.29, 0.717) is 19.3 Å². The predicted octanol–water partition coefficient (Wildman–Crippen LogP) is 21.5. The number of ether oxygens (including phenoxy) is 3. The Kier molecular flexibility index (Phi) is 54.9. The molecule has 0 radical (unpaired) electrons. The lowest BCUT2D eigenvalue weighted by Crippen LogP contribution is -2.30. The molecule has 0 aromatic heterocycles. The lowest BCUT2D eigenvalue weighted by Gasteiger charge is -2.18. The summed E-state index contributed by atoms with van der Waals surface area (Å²) >= 11 is 0. The molecule has 0 aliphatic heterocycles. The normalized spacial score (nSPS) is 12.9. The van der Waals surface area contributed by atoms with Crippen molar-refractivity contribution in [2.75, 3.05) is 13.2 Å². The van der Waals surface area contributed by atoms with E-state index in [0.717, 1.165) is 75.5 Å². The van der Waals surface area contributed by atoms with Crippen molar-refractivity contribution in [1.82, 2.24) is 0 Å². The first-order valence-electron chi connectivity index (χ1n) is 32.2. The molecule has 0 aliphatic carbocycles. The van der Waals surface area contributed by atoms with E-state index in [9.17, 15) is 14.4 Å². The van der Waals surface area contributed by atoms with E-state index in [1.807, 2.05) is 0 Å². The van der Waals surface area contributed by atoms with Crippen LogP contribution in [0.5, 0.6) is 0 Å². The second-order valence-corrected chi connectivity index (χ2v) is 23.4. The molecule has 0 spiro atoms. The van der Waals surface area contributed by atoms with Crippen LogP contribution in [-0.2, 0) is 28.6 Å². The fraction of sp³-hybridized carbons (Fsp3) is 0.954. The second kappa shape index (κ2) is 56.1. The number of unbranched alkanes of at least 4 members (excludes halogenated alkanes) is 39. The number of carbonyl (C=O) groups is 3. The summed E-state index contributed by atoms with van der Waals surface area (Å²) in [6, 6.07) is 0. The van der Waals surface area contributed by atoms with Crippen LogP contribution in [-0.4, -0.2) is 37.2 Å². The maximum absolute atomic E-state index is 12.9. The summed E-state index contributed by atoms with van der Waals surface area (Å²) in [5, 5.41) is 0. The van der Waals surface area contributed by atoms with Crippen molar-refractivity contribution in [1.29, 1.82) is 0 Å². The maximum atomic E-state index is 12.9. The molecule has 6 nitrogen and oxygen atoms in total. The van der Waals surface area contributed by atoms with Gasteiger partial charge < -0.3 is 14.2 Å². The Morgan fingerprint density at radius 2 is 0.493 bits per heavy atom. The Morgan fingerprint density at radius 1 is 0.282 bits per heavy atom. The van der Waals surface area contributed by atoms with Crippen LogP contribution in [0.2, 0.25) is 0 Å². The molecule has 422 valence electrons. The molecule has 6 heteroatoms.